The second-order valence-corrected chi connectivity index (χ2v) is 9.48. The second kappa shape index (κ2) is 9.40. The van der Waals surface area contributed by atoms with Gasteiger partial charge in [-0.3, -0.25) is 24.6 Å². The summed E-state index contributed by atoms with van der Waals surface area (Å²) in [6.07, 6.45) is 3.68. The van der Waals surface area contributed by atoms with Gasteiger partial charge in [0.2, 0.25) is 0 Å². The van der Waals surface area contributed by atoms with Gasteiger partial charge in [-0.25, -0.2) is 0 Å². The van der Waals surface area contributed by atoms with Crippen molar-refractivity contribution in [1.29, 1.82) is 0 Å². The number of carbonyl (C=O) groups excluding carboxylic acids is 2. The number of benzene rings is 3. The van der Waals surface area contributed by atoms with Crippen LogP contribution < -0.4 is 0 Å². The van der Waals surface area contributed by atoms with Crippen molar-refractivity contribution in [2.24, 2.45) is 0 Å². The van der Waals surface area contributed by atoms with E-state index in [0.717, 1.165) is 39.4 Å². The average molecular weight is 504 g/mol. The van der Waals surface area contributed by atoms with Crippen molar-refractivity contribution in [1.82, 2.24) is 9.47 Å². The molecule has 0 bridgehead atoms. The van der Waals surface area contributed by atoms with Crippen molar-refractivity contribution < 1.29 is 14.5 Å². The zero-order valence-corrected chi connectivity index (χ0v) is 19.8. The molecule has 3 aromatic carbocycles. The molecule has 35 heavy (non-hydrogen) atoms. The first-order valence-electron chi connectivity index (χ1n) is 10.7. The van der Waals surface area contributed by atoms with E-state index < -0.39 is 4.92 Å². The molecular formula is C26H18ClN3O4S. The Bertz CT molecular complexity index is 1510. The zero-order chi connectivity index (χ0) is 24.5. The highest BCUT2D eigenvalue weighted by atomic mass is 35.5. The van der Waals surface area contributed by atoms with Gasteiger partial charge in [-0.2, -0.15) is 0 Å². The van der Waals surface area contributed by atoms with Gasteiger partial charge in [0.25, 0.3) is 16.8 Å². The van der Waals surface area contributed by atoms with Crippen molar-refractivity contribution in [3.8, 4) is 0 Å². The summed E-state index contributed by atoms with van der Waals surface area (Å²) >= 11 is 6.96. The fraction of sp³-hybridized carbons (Fsp3) is 0.0769. The average Bonchev–Trinajstić information content (AvgIpc) is 3.31. The Labute approximate surface area is 209 Å². The number of halogens is 1. The molecule has 7 nitrogen and oxygen atoms in total. The third kappa shape index (κ3) is 4.71. The number of thioether (sulfide) groups is 1. The van der Waals surface area contributed by atoms with Gasteiger partial charge in [0, 0.05) is 46.4 Å². The predicted molar refractivity (Wildman–Crippen MR) is 137 cm³/mol. The largest absolute Gasteiger partial charge is 0.342 e. The van der Waals surface area contributed by atoms with Gasteiger partial charge in [-0.05, 0) is 47.2 Å². The molecular weight excluding hydrogens is 486 g/mol. The summed E-state index contributed by atoms with van der Waals surface area (Å²) in [5, 5.41) is 12.1. The van der Waals surface area contributed by atoms with Crippen LogP contribution in [-0.4, -0.2) is 25.5 Å². The number of hydrogen-bond donors (Lipinski definition) is 0. The number of nitrogens with zero attached hydrogens (tertiary/aromatic N) is 3. The Kier molecular flexibility index (Phi) is 6.15. The van der Waals surface area contributed by atoms with Crippen molar-refractivity contribution >= 4 is 57.2 Å². The number of hydrogen-bond acceptors (Lipinski definition) is 5. The summed E-state index contributed by atoms with van der Waals surface area (Å²) in [5.41, 5.74) is 3.50. The maximum atomic E-state index is 13.1. The van der Waals surface area contributed by atoms with E-state index >= 15 is 0 Å². The number of aromatic nitrogens is 1. The van der Waals surface area contributed by atoms with Gasteiger partial charge in [-0.15, -0.1) is 0 Å². The van der Waals surface area contributed by atoms with Gasteiger partial charge >= 0.3 is 0 Å². The summed E-state index contributed by atoms with van der Waals surface area (Å²) in [7, 11) is 0. The quantitative estimate of drug-likeness (QED) is 0.170. The number of carbonyl (C=O) groups is 2. The number of nitro benzene ring substituents is 1. The van der Waals surface area contributed by atoms with Gasteiger partial charge in [0.05, 0.1) is 16.4 Å². The number of non-ortho nitro benzene ring substituents is 1. The summed E-state index contributed by atoms with van der Waals surface area (Å²) < 4.78 is 2.03. The van der Waals surface area contributed by atoms with Gasteiger partial charge < -0.3 is 4.57 Å². The van der Waals surface area contributed by atoms with E-state index in [9.17, 15) is 19.7 Å². The third-order valence-electron chi connectivity index (χ3n) is 5.71. The molecule has 1 fully saturated rings. The SMILES string of the molecule is O=C1S/C(=C\c2cn(Cc3ccc([N+](=O)[O-])cc3)c3ccccc23)C(=O)N1Cc1cccc(Cl)c1. The Morgan fingerprint density at radius 1 is 0.943 bits per heavy atom. The Balaban J connectivity index is 1.44. The van der Waals surface area contributed by atoms with E-state index in [0.29, 0.717) is 16.5 Å². The minimum atomic E-state index is -0.424. The highest BCUT2D eigenvalue weighted by molar-refractivity contribution is 8.18. The fourth-order valence-corrected chi connectivity index (χ4v) is 5.08. The van der Waals surface area contributed by atoms with Crippen LogP contribution in [0.5, 0.6) is 0 Å². The fourth-order valence-electron chi connectivity index (χ4n) is 4.04. The molecule has 0 saturated carbocycles. The molecule has 2 heterocycles. The molecule has 1 aliphatic heterocycles. The molecule has 0 N–H and O–H groups in total. The Morgan fingerprint density at radius 3 is 2.46 bits per heavy atom. The number of fused-ring (bicyclic) bond motifs is 1. The zero-order valence-electron chi connectivity index (χ0n) is 18.3. The van der Waals surface area contributed by atoms with Crippen LogP contribution in [0.4, 0.5) is 10.5 Å². The molecule has 5 rings (SSSR count). The van der Waals surface area contributed by atoms with E-state index in [2.05, 4.69) is 0 Å². The molecule has 0 radical (unpaired) electrons. The number of nitro groups is 1. The molecule has 1 aromatic heterocycles. The Morgan fingerprint density at radius 2 is 1.71 bits per heavy atom. The molecule has 1 saturated heterocycles. The van der Waals surface area contributed by atoms with Crippen LogP contribution in [0.2, 0.25) is 5.02 Å². The highest BCUT2D eigenvalue weighted by Gasteiger charge is 2.35. The number of para-hydroxylation sites is 1. The molecule has 0 spiro atoms. The lowest BCUT2D eigenvalue weighted by atomic mass is 10.1. The summed E-state index contributed by atoms with van der Waals surface area (Å²) in [6, 6.07) is 21.3. The molecule has 0 atom stereocenters. The molecule has 9 heteroatoms. The molecule has 174 valence electrons. The van der Waals surface area contributed by atoms with Crippen molar-refractivity contribution in [2.75, 3.05) is 0 Å². The molecule has 4 aromatic rings. The Hall–Kier alpha value is -3.88. The first-order chi connectivity index (χ1) is 16.9. The van der Waals surface area contributed by atoms with E-state index in [1.54, 1.807) is 36.4 Å². The molecule has 1 aliphatic rings. The number of imide groups is 1. The van der Waals surface area contributed by atoms with Crippen LogP contribution in [0.1, 0.15) is 16.7 Å². The maximum absolute atomic E-state index is 13.1. The minimum absolute atomic E-state index is 0.0419. The van der Waals surface area contributed by atoms with Crippen molar-refractivity contribution in [3.63, 3.8) is 0 Å². The van der Waals surface area contributed by atoms with Gasteiger partial charge in [-0.1, -0.05) is 54.1 Å². The standard InChI is InChI=1S/C26H18ClN3O4S/c27-20-5-3-4-18(12-20)15-29-25(31)24(35-26(29)32)13-19-16-28(23-7-2-1-6-22(19)23)14-17-8-10-21(11-9-17)30(33)34/h1-13,16H,14-15H2/b24-13-. The van der Waals surface area contributed by atoms with E-state index in [4.69, 9.17) is 11.6 Å². The van der Waals surface area contributed by atoms with E-state index in [-0.39, 0.29) is 23.4 Å². The van der Waals surface area contributed by atoms with Crippen molar-refractivity contribution in [3.05, 3.63) is 116 Å². The lowest BCUT2D eigenvalue weighted by Gasteiger charge is -2.12. The molecule has 0 aliphatic carbocycles. The minimum Gasteiger partial charge on any atom is -0.342 e. The number of rotatable bonds is 6. The highest BCUT2D eigenvalue weighted by Crippen LogP contribution is 2.35. The lowest BCUT2D eigenvalue weighted by Crippen LogP contribution is -2.27. The number of amides is 2. The first kappa shape index (κ1) is 22.9. The summed E-state index contributed by atoms with van der Waals surface area (Å²) in [6.45, 7) is 0.660. The van der Waals surface area contributed by atoms with Gasteiger partial charge in [0.15, 0.2) is 0 Å². The van der Waals surface area contributed by atoms with Crippen LogP contribution >= 0.6 is 23.4 Å². The normalized spacial score (nSPS) is 14.9. The smallest absolute Gasteiger partial charge is 0.293 e. The van der Waals surface area contributed by atoms with E-state index in [1.807, 2.05) is 41.1 Å². The lowest BCUT2D eigenvalue weighted by molar-refractivity contribution is -0.384. The van der Waals surface area contributed by atoms with Crippen molar-refractivity contribution in [2.45, 2.75) is 13.1 Å². The summed E-state index contributed by atoms with van der Waals surface area (Å²) in [5.74, 6) is -0.341. The first-order valence-corrected chi connectivity index (χ1v) is 11.9. The third-order valence-corrected chi connectivity index (χ3v) is 6.85. The van der Waals surface area contributed by atoms with E-state index in [1.165, 1.54) is 17.0 Å². The summed E-state index contributed by atoms with van der Waals surface area (Å²) in [4.78, 5) is 37.7. The second-order valence-electron chi connectivity index (χ2n) is 8.05. The van der Waals surface area contributed by atoms with Crippen LogP contribution in [0, 0.1) is 10.1 Å². The topological polar surface area (TPSA) is 85.5 Å². The van der Waals surface area contributed by atoms with Crippen LogP contribution in [0.15, 0.2) is 83.9 Å². The molecule has 0 unspecified atom stereocenters. The van der Waals surface area contributed by atoms with Crippen LogP contribution in [0.3, 0.4) is 0 Å². The molecule has 2 amide bonds. The monoisotopic (exact) mass is 503 g/mol. The maximum Gasteiger partial charge on any atom is 0.293 e. The van der Waals surface area contributed by atoms with Gasteiger partial charge in [0.1, 0.15) is 0 Å². The van der Waals surface area contributed by atoms with Crippen LogP contribution in [0.25, 0.3) is 17.0 Å². The predicted octanol–water partition coefficient (Wildman–Crippen LogP) is 6.49. The van der Waals surface area contributed by atoms with Crippen LogP contribution in [-0.2, 0) is 17.9 Å².